The second-order valence-corrected chi connectivity index (χ2v) is 3.00. The maximum atomic E-state index is 8.39. The summed E-state index contributed by atoms with van der Waals surface area (Å²) in [5.74, 6) is 0. The predicted molar refractivity (Wildman–Crippen MR) is 44.1 cm³/mol. The van der Waals surface area contributed by atoms with E-state index in [-0.39, 0.29) is 0 Å². The van der Waals surface area contributed by atoms with E-state index in [0.717, 1.165) is 26.2 Å². The Morgan fingerprint density at radius 1 is 1.73 bits per heavy atom. The van der Waals surface area contributed by atoms with Crippen LogP contribution < -0.4 is 5.32 Å². The van der Waals surface area contributed by atoms with Crippen molar-refractivity contribution < 1.29 is 0 Å². The van der Waals surface area contributed by atoms with Gasteiger partial charge in [-0.1, -0.05) is 0 Å². The van der Waals surface area contributed by atoms with E-state index in [4.69, 9.17) is 5.26 Å². The first kappa shape index (κ1) is 8.51. The van der Waals surface area contributed by atoms with E-state index in [1.54, 1.807) is 0 Å². The van der Waals surface area contributed by atoms with Gasteiger partial charge in [0.1, 0.15) is 0 Å². The molecule has 0 aromatic rings. The maximum absolute atomic E-state index is 8.39. The molecule has 0 aromatic heterocycles. The van der Waals surface area contributed by atoms with Gasteiger partial charge in [-0.25, -0.2) is 0 Å². The predicted octanol–water partition coefficient (Wildman–Crippen LogP) is 0.194. The van der Waals surface area contributed by atoms with E-state index in [2.05, 4.69) is 23.2 Å². The minimum absolute atomic E-state index is 0.595. The number of piperazine rings is 1. The molecule has 0 saturated carbocycles. The average molecular weight is 153 g/mol. The van der Waals surface area contributed by atoms with Crippen LogP contribution in [0.2, 0.25) is 0 Å². The van der Waals surface area contributed by atoms with E-state index in [1.165, 1.54) is 0 Å². The van der Waals surface area contributed by atoms with Gasteiger partial charge in [-0.2, -0.15) is 5.26 Å². The van der Waals surface area contributed by atoms with Gasteiger partial charge in [0.2, 0.25) is 0 Å². The molecule has 3 nitrogen and oxygen atoms in total. The second-order valence-electron chi connectivity index (χ2n) is 3.00. The van der Waals surface area contributed by atoms with Crippen molar-refractivity contribution in [1.29, 1.82) is 5.26 Å². The van der Waals surface area contributed by atoms with Crippen LogP contribution in [0.1, 0.15) is 13.3 Å². The van der Waals surface area contributed by atoms with E-state index >= 15 is 0 Å². The zero-order valence-corrected chi connectivity index (χ0v) is 7.01. The van der Waals surface area contributed by atoms with Crippen LogP contribution in [0.5, 0.6) is 0 Å². The van der Waals surface area contributed by atoms with Gasteiger partial charge < -0.3 is 5.32 Å². The van der Waals surface area contributed by atoms with Crippen molar-refractivity contribution in [2.75, 3.05) is 26.2 Å². The van der Waals surface area contributed by atoms with Crippen LogP contribution in [0.4, 0.5) is 0 Å². The molecule has 1 N–H and O–H groups in total. The summed E-state index contributed by atoms with van der Waals surface area (Å²) in [6, 6.07) is 2.77. The molecule has 1 unspecified atom stereocenters. The lowest BCUT2D eigenvalue weighted by Crippen LogP contribution is -2.49. The molecular weight excluding hydrogens is 138 g/mol. The maximum Gasteiger partial charge on any atom is 0.0635 e. The molecule has 1 aliphatic heterocycles. The smallest absolute Gasteiger partial charge is 0.0635 e. The minimum Gasteiger partial charge on any atom is -0.314 e. The zero-order chi connectivity index (χ0) is 8.10. The fourth-order valence-electron chi connectivity index (χ4n) is 1.41. The third kappa shape index (κ3) is 2.49. The van der Waals surface area contributed by atoms with Crippen LogP contribution in [-0.4, -0.2) is 37.1 Å². The van der Waals surface area contributed by atoms with Gasteiger partial charge in [-0.3, -0.25) is 4.90 Å². The number of nitriles is 1. The molecule has 1 fully saturated rings. The third-order valence-corrected chi connectivity index (χ3v) is 2.15. The highest BCUT2D eigenvalue weighted by molar-refractivity contribution is 4.79. The van der Waals surface area contributed by atoms with Crippen LogP contribution in [0.15, 0.2) is 0 Å². The first-order chi connectivity index (χ1) is 5.34. The van der Waals surface area contributed by atoms with Crippen LogP contribution in [0.3, 0.4) is 0 Å². The standard InChI is InChI=1S/C8H15N3/c1-8-7-10-4-6-11(8)5-2-3-9/h8,10H,2,4-7H2,1H3. The number of hydrogen-bond acceptors (Lipinski definition) is 3. The Kier molecular flexibility index (Phi) is 3.34. The Balaban J connectivity index is 2.25. The van der Waals surface area contributed by atoms with Crippen molar-refractivity contribution in [3.63, 3.8) is 0 Å². The Labute approximate surface area is 68.0 Å². The Morgan fingerprint density at radius 2 is 2.55 bits per heavy atom. The fourth-order valence-corrected chi connectivity index (χ4v) is 1.41. The molecule has 1 saturated heterocycles. The summed E-state index contributed by atoms with van der Waals surface area (Å²) in [7, 11) is 0. The number of hydrogen-bond donors (Lipinski definition) is 1. The molecule has 0 spiro atoms. The van der Waals surface area contributed by atoms with E-state index in [0.29, 0.717) is 12.5 Å². The minimum atomic E-state index is 0.595. The average Bonchev–Trinajstić information content (AvgIpc) is 2.03. The molecule has 1 heterocycles. The lowest BCUT2D eigenvalue weighted by Gasteiger charge is -2.33. The topological polar surface area (TPSA) is 39.1 Å². The molecule has 0 radical (unpaired) electrons. The highest BCUT2D eigenvalue weighted by Gasteiger charge is 2.16. The van der Waals surface area contributed by atoms with Gasteiger partial charge in [0.15, 0.2) is 0 Å². The lowest BCUT2D eigenvalue weighted by atomic mass is 10.2. The molecular formula is C8H15N3. The number of nitrogens with zero attached hydrogens (tertiary/aromatic N) is 2. The molecule has 0 aliphatic carbocycles. The van der Waals surface area contributed by atoms with Gasteiger partial charge in [0.05, 0.1) is 6.07 Å². The Morgan fingerprint density at radius 3 is 3.18 bits per heavy atom. The monoisotopic (exact) mass is 153 g/mol. The van der Waals surface area contributed by atoms with Gasteiger partial charge in [-0.15, -0.1) is 0 Å². The zero-order valence-electron chi connectivity index (χ0n) is 7.01. The number of rotatable bonds is 2. The van der Waals surface area contributed by atoms with Gasteiger partial charge in [0.25, 0.3) is 0 Å². The highest BCUT2D eigenvalue weighted by atomic mass is 15.2. The van der Waals surface area contributed by atoms with Gasteiger partial charge in [0, 0.05) is 38.6 Å². The second kappa shape index (κ2) is 4.32. The van der Waals surface area contributed by atoms with Crippen LogP contribution in [0.25, 0.3) is 0 Å². The van der Waals surface area contributed by atoms with Crippen LogP contribution in [-0.2, 0) is 0 Å². The highest BCUT2D eigenvalue weighted by Crippen LogP contribution is 2.01. The lowest BCUT2D eigenvalue weighted by molar-refractivity contribution is 0.177. The summed E-state index contributed by atoms with van der Waals surface area (Å²) in [6.45, 7) is 6.34. The molecule has 1 rings (SSSR count). The first-order valence-corrected chi connectivity index (χ1v) is 4.16. The summed E-state index contributed by atoms with van der Waals surface area (Å²) in [4.78, 5) is 2.36. The third-order valence-electron chi connectivity index (χ3n) is 2.15. The molecule has 11 heavy (non-hydrogen) atoms. The van der Waals surface area contributed by atoms with Crippen molar-refractivity contribution in [2.24, 2.45) is 0 Å². The fraction of sp³-hybridized carbons (Fsp3) is 0.875. The van der Waals surface area contributed by atoms with Gasteiger partial charge in [-0.05, 0) is 6.92 Å². The van der Waals surface area contributed by atoms with Crippen molar-refractivity contribution in [1.82, 2.24) is 10.2 Å². The Bertz CT molecular complexity index is 150. The van der Waals surface area contributed by atoms with Crippen LogP contribution >= 0.6 is 0 Å². The largest absolute Gasteiger partial charge is 0.314 e. The SMILES string of the molecule is CC1CNCCN1CCC#N. The Hall–Kier alpha value is -0.590. The molecule has 1 aliphatic rings. The number of nitrogens with one attached hydrogen (secondary N) is 1. The summed E-state index contributed by atoms with van der Waals surface area (Å²) in [5, 5.41) is 11.7. The van der Waals surface area contributed by atoms with Gasteiger partial charge >= 0.3 is 0 Å². The van der Waals surface area contributed by atoms with E-state index in [1.807, 2.05) is 0 Å². The molecule has 62 valence electrons. The molecule has 3 heteroatoms. The molecule has 0 aromatic carbocycles. The van der Waals surface area contributed by atoms with E-state index < -0.39 is 0 Å². The van der Waals surface area contributed by atoms with Crippen molar-refractivity contribution in [3.8, 4) is 6.07 Å². The quantitative estimate of drug-likeness (QED) is 0.615. The summed E-state index contributed by atoms with van der Waals surface area (Å²) < 4.78 is 0. The summed E-state index contributed by atoms with van der Waals surface area (Å²) in [6.07, 6.45) is 0.657. The van der Waals surface area contributed by atoms with Crippen molar-refractivity contribution >= 4 is 0 Å². The summed E-state index contributed by atoms with van der Waals surface area (Å²) >= 11 is 0. The first-order valence-electron chi connectivity index (χ1n) is 4.16. The molecule has 1 atom stereocenters. The van der Waals surface area contributed by atoms with Crippen LogP contribution in [0, 0.1) is 11.3 Å². The normalized spacial score (nSPS) is 26.4. The van der Waals surface area contributed by atoms with Crippen molar-refractivity contribution in [2.45, 2.75) is 19.4 Å². The van der Waals surface area contributed by atoms with Crippen molar-refractivity contribution in [3.05, 3.63) is 0 Å². The summed E-state index contributed by atoms with van der Waals surface area (Å²) in [5.41, 5.74) is 0. The molecule has 0 amide bonds. The van der Waals surface area contributed by atoms with E-state index in [9.17, 15) is 0 Å². The molecule has 0 bridgehead atoms.